The molecule has 0 saturated heterocycles. The van der Waals surface area contributed by atoms with E-state index in [-0.39, 0.29) is 23.6 Å². The highest BCUT2D eigenvalue weighted by atomic mass is 16.2. The third-order valence-electron chi connectivity index (χ3n) is 7.18. The standard InChI is InChI=1S/C32H28N2O4/c1-17-11-23(12-18(2)29(17)33-27(35)15-21(5)31(33)37)25-9-7-8-10-26(25)24-13-19(3)30(20(4)14-24)34-28(36)16-22(6)32(34)38/h7-16H,1-6H3. The van der Waals surface area contributed by atoms with Crippen LogP contribution < -0.4 is 9.80 Å². The summed E-state index contributed by atoms with van der Waals surface area (Å²) in [5.74, 6) is -1.22. The quantitative estimate of drug-likeness (QED) is 0.415. The van der Waals surface area contributed by atoms with Crippen LogP contribution in [-0.2, 0) is 19.2 Å². The molecule has 0 fully saturated rings. The number of amides is 4. The van der Waals surface area contributed by atoms with Gasteiger partial charge < -0.3 is 0 Å². The summed E-state index contributed by atoms with van der Waals surface area (Å²) in [5.41, 5.74) is 9.34. The van der Waals surface area contributed by atoms with Crippen LogP contribution in [0.25, 0.3) is 22.3 Å². The van der Waals surface area contributed by atoms with Crippen molar-refractivity contribution in [1.82, 2.24) is 0 Å². The van der Waals surface area contributed by atoms with Crippen molar-refractivity contribution in [3.05, 3.63) is 94.1 Å². The van der Waals surface area contributed by atoms with Gasteiger partial charge in [-0.25, -0.2) is 9.80 Å². The van der Waals surface area contributed by atoms with Crippen molar-refractivity contribution < 1.29 is 19.2 Å². The number of anilines is 2. The zero-order chi connectivity index (χ0) is 27.5. The minimum atomic E-state index is -0.321. The second-order valence-electron chi connectivity index (χ2n) is 10.1. The van der Waals surface area contributed by atoms with Crippen molar-refractivity contribution in [2.75, 3.05) is 9.80 Å². The first-order valence-electron chi connectivity index (χ1n) is 12.4. The smallest absolute Gasteiger partial charge is 0.261 e. The maximum atomic E-state index is 12.6. The second-order valence-corrected chi connectivity index (χ2v) is 10.1. The zero-order valence-corrected chi connectivity index (χ0v) is 22.3. The topological polar surface area (TPSA) is 74.8 Å². The lowest BCUT2D eigenvalue weighted by molar-refractivity contribution is -0.121. The van der Waals surface area contributed by atoms with Gasteiger partial charge in [0.2, 0.25) is 0 Å². The normalized spacial score (nSPS) is 15.5. The molecule has 6 nitrogen and oxygen atoms in total. The maximum absolute atomic E-state index is 12.6. The van der Waals surface area contributed by atoms with Gasteiger partial charge in [-0.3, -0.25) is 19.2 Å². The van der Waals surface area contributed by atoms with Gasteiger partial charge in [0, 0.05) is 23.3 Å². The molecule has 2 aliphatic rings. The number of nitrogens with zero attached hydrogens (tertiary/aromatic N) is 2. The summed E-state index contributed by atoms with van der Waals surface area (Å²) >= 11 is 0. The minimum absolute atomic E-state index is 0.291. The number of carbonyl (C=O) groups excluding carboxylic acids is 4. The summed E-state index contributed by atoms with van der Waals surface area (Å²) in [5, 5.41) is 0. The van der Waals surface area contributed by atoms with Gasteiger partial charge in [-0.05, 0) is 110 Å². The molecule has 5 rings (SSSR count). The fourth-order valence-electron chi connectivity index (χ4n) is 5.51. The number of aryl methyl sites for hydroxylation is 4. The van der Waals surface area contributed by atoms with Crippen LogP contribution in [0.2, 0.25) is 0 Å². The van der Waals surface area contributed by atoms with Crippen LogP contribution in [0.4, 0.5) is 11.4 Å². The van der Waals surface area contributed by atoms with Crippen LogP contribution in [0.3, 0.4) is 0 Å². The van der Waals surface area contributed by atoms with E-state index in [1.165, 1.54) is 22.0 Å². The van der Waals surface area contributed by atoms with Crippen molar-refractivity contribution in [2.24, 2.45) is 0 Å². The maximum Gasteiger partial charge on any atom is 0.261 e. The Hall–Kier alpha value is -4.58. The van der Waals surface area contributed by atoms with Crippen LogP contribution in [0.5, 0.6) is 0 Å². The molecular weight excluding hydrogens is 476 g/mol. The van der Waals surface area contributed by atoms with E-state index >= 15 is 0 Å². The van der Waals surface area contributed by atoms with Gasteiger partial charge in [-0.15, -0.1) is 0 Å². The predicted molar refractivity (Wildman–Crippen MR) is 149 cm³/mol. The Morgan fingerprint density at radius 1 is 0.500 bits per heavy atom. The molecule has 0 bridgehead atoms. The van der Waals surface area contributed by atoms with Crippen LogP contribution in [0.15, 0.2) is 71.8 Å². The fraction of sp³-hybridized carbons (Fsp3) is 0.188. The molecule has 0 radical (unpaired) electrons. The van der Waals surface area contributed by atoms with Crippen molar-refractivity contribution in [3.8, 4) is 22.3 Å². The molecule has 0 unspecified atom stereocenters. The SMILES string of the molecule is CC1=CC(=O)N(c2c(C)cc(-c3ccccc3-c3cc(C)c(N4C(=O)C=C(C)C4=O)c(C)c3)cc2C)C1=O. The van der Waals surface area contributed by atoms with E-state index in [2.05, 4.69) is 0 Å². The lowest BCUT2D eigenvalue weighted by Gasteiger charge is -2.23. The third-order valence-corrected chi connectivity index (χ3v) is 7.18. The number of hydrogen-bond acceptors (Lipinski definition) is 4. The monoisotopic (exact) mass is 504 g/mol. The summed E-state index contributed by atoms with van der Waals surface area (Å²) in [4.78, 5) is 52.8. The lowest BCUT2D eigenvalue weighted by Crippen LogP contribution is -2.32. The van der Waals surface area contributed by atoms with Crippen LogP contribution in [0.1, 0.15) is 36.1 Å². The van der Waals surface area contributed by atoms with Gasteiger partial charge in [0.1, 0.15) is 0 Å². The lowest BCUT2D eigenvalue weighted by atomic mass is 9.90. The van der Waals surface area contributed by atoms with E-state index in [0.29, 0.717) is 22.5 Å². The molecule has 3 aromatic rings. The Morgan fingerprint density at radius 3 is 1.08 bits per heavy atom. The molecule has 0 saturated carbocycles. The Bertz CT molecular complexity index is 1490. The van der Waals surface area contributed by atoms with Crippen LogP contribution in [-0.4, -0.2) is 23.6 Å². The molecule has 4 amide bonds. The molecule has 6 heteroatoms. The highest BCUT2D eigenvalue weighted by molar-refractivity contribution is 6.31. The number of benzene rings is 3. The number of carbonyl (C=O) groups is 4. The first-order valence-corrected chi connectivity index (χ1v) is 12.4. The summed E-state index contributed by atoms with van der Waals surface area (Å²) in [6.45, 7) is 10.9. The summed E-state index contributed by atoms with van der Waals surface area (Å²) in [7, 11) is 0. The van der Waals surface area contributed by atoms with Gasteiger partial charge in [-0.1, -0.05) is 24.3 Å². The average molecular weight is 505 g/mol. The molecule has 38 heavy (non-hydrogen) atoms. The van der Waals surface area contributed by atoms with Gasteiger partial charge >= 0.3 is 0 Å². The van der Waals surface area contributed by atoms with Gasteiger partial charge in [0.25, 0.3) is 23.6 Å². The Kier molecular flexibility index (Phi) is 5.98. The Labute approximate surface area is 221 Å². The summed E-state index contributed by atoms with van der Waals surface area (Å²) < 4.78 is 0. The van der Waals surface area contributed by atoms with Crippen LogP contribution in [0, 0.1) is 27.7 Å². The van der Waals surface area contributed by atoms with Crippen LogP contribution >= 0.6 is 0 Å². The van der Waals surface area contributed by atoms with E-state index in [1.807, 2.05) is 76.2 Å². The van der Waals surface area contributed by atoms with Crippen molar-refractivity contribution in [3.63, 3.8) is 0 Å². The molecular formula is C32H28N2O4. The highest BCUT2D eigenvalue weighted by Crippen LogP contribution is 2.40. The molecule has 190 valence electrons. The first kappa shape index (κ1) is 25.1. The highest BCUT2D eigenvalue weighted by Gasteiger charge is 2.33. The van der Waals surface area contributed by atoms with Gasteiger partial charge in [-0.2, -0.15) is 0 Å². The molecule has 3 aromatic carbocycles. The molecule has 0 aromatic heterocycles. The summed E-state index contributed by atoms with van der Waals surface area (Å²) in [6, 6.07) is 16.0. The molecule has 2 aliphatic heterocycles. The van der Waals surface area contributed by atoms with Gasteiger partial charge in [0.05, 0.1) is 11.4 Å². The number of hydrogen-bond donors (Lipinski definition) is 0. The van der Waals surface area contributed by atoms with E-state index in [9.17, 15) is 19.2 Å². The third kappa shape index (κ3) is 3.89. The minimum Gasteiger partial charge on any atom is -0.269 e. The zero-order valence-electron chi connectivity index (χ0n) is 22.3. The fourth-order valence-corrected chi connectivity index (χ4v) is 5.51. The molecule has 0 aliphatic carbocycles. The Morgan fingerprint density at radius 2 is 0.816 bits per heavy atom. The Balaban J connectivity index is 1.58. The van der Waals surface area contributed by atoms with E-state index in [4.69, 9.17) is 0 Å². The molecule has 0 spiro atoms. The predicted octanol–water partition coefficient (Wildman–Crippen LogP) is 5.89. The van der Waals surface area contributed by atoms with Crippen molar-refractivity contribution >= 4 is 35.0 Å². The van der Waals surface area contributed by atoms with Crippen molar-refractivity contribution in [2.45, 2.75) is 41.5 Å². The molecule has 0 N–H and O–H groups in total. The van der Waals surface area contributed by atoms with E-state index in [0.717, 1.165) is 44.5 Å². The second kappa shape index (κ2) is 9.06. The van der Waals surface area contributed by atoms with Crippen molar-refractivity contribution in [1.29, 1.82) is 0 Å². The average Bonchev–Trinajstić information content (AvgIpc) is 3.25. The largest absolute Gasteiger partial charge is 0.269 e. The molecule has 2 heterocycles. The van der Waals surface area contributed by atoms with Gasteiger partial charge in [0.15, 0.2) is 0 Å². The first-order chi connectivity index (χ1) is 18.0. The van der Waals surface area contributed by atoms with E-state index in [1.54, 1.807) is 13.8 Å². The molecule has 0 atom stereocenters. The van der Waals surface area contributed by atoms with E-state index < -0.39 is 0 Å². The number of imide groups is 2. The summed E-state index contributed by atoms with van der Waals surface area (Å²) in [6.07, 6.45) is 2.75. The number of rotatable bonds is 4.